The SMILES string of the molecule is Cc1ccc(N(c2cc(N(c3cc(C)cc(C)c3)c3cccc4c3oc3ccccc34)c3ccc4cc(C5CCCCC5)cc5ccc2c3c54)c2cccc3c2oc2ccccc23)cc1. The summed E-state index contributed by atoms with van der Waals surface area (Å²) >= 11 is 0. The van der Waals surface area contributed by atoms with E-state index in [1.165, 1.54) is 86.7 Å². The zero-order valence-electron chi connectivity index (χ0n) is 37.0. The van der Waals surface area contributed by atoms with Crippen molar-refractivity contribution in [3.8, 4) is 0 Å². The molecule has 1 aliphatic rings. The second kappa shape index (κ2) is 14.8. The second-order valence-electron chi connectivity index (χ2n) is 18.5. The van der Waals surface area contributed by atoms with Crippen LogP contribution < -0.4 is 9.80 Å². The molecular formula is C61H48N2O2. The summed E-state index contributed by atoms with van der Waals surface area (Å²) in [5, 5.41) is 11.9. The van der Waals surface area contributed by atoms with E-state index >= 15 is 0 Å². The maximum Gasteiger partial charge on any atom is 0.159 e. The van der Waals surface area contributed by atoms with Crippen LogP contribution in [-0.2, 0) is 0 Å². The zero-order chi connectivity index (χ0) is 43.3. The third-order valence-electron chi connectivity index (χ3n) is 14.3. The van der Waals surface area contributed by atoms with Gasteiger partial charge in [0.05, 0.1) is 22.7 Å². The van der Waals surface area contributed by atoms with Crippen molar-refractivity contribution < 1.29 is 8.83 Å². The molecule has 0 N–H and O–H groups in total. The predicted octanol–water partition coefficient (Wildman–Crippen LogP) is 18.3. The summed E-state index contributed by atoms with van der Waals surface area (Å²) in [5.41, 5.74) is 14.8. The van der Waals surface area contributed by atoms with E-state index in [0.717, 1.165) is 78.0 Å². The minimum absolute atomic E-state index is 0.600. The topological polar surface area (TPSA) is 32.8 Å². The van der Waals surface area contributed by atoms with Crippen LogP contribution in [-0.4, -0.2) is 0 Å². The van der Waals surface area contributed by atoms with Crippen LogP contribution in [0, 0.1) is 20.8 Å². The van der Waals surface area contributed by atoms with Gasteiger partial charge in [-0.3, -0.25) is 0 Å². The Bertz CT molecular complexity index is 3770. The molecule has 2 aromatic heterocycles. The Kier molecular flexibility index (Phi) is 8.61. The van der Waals surface area contributed by atoms with Crippen molar-refractivity contribution in [2.75, 3.05) is 9.80 Å². The number of anilines is 6. The van der Waals surface area contributed by atoms with E-state index in [1.54, 1.807) is 0 Å². The number of fused-ring (bicyclic) bond motifs is 6. The molecule has 2 heterocycles. The van der Waals surface area contributed by atoms with Gasteiger partial charge in [-0.05, 0) is 127 Å². The molecule has 1 fully saturated rings. The van der Waals surface area contributed by atoms with Crippen molar-refractivity contribution in [2.45, 2.75) is 58.8 Å². The number of nitrogens with zero attached hydrogens (tertiary/aromatic N) is 2. The van der Waals surface area contributed by atoms with E-state index < -0.39 is 0 Å². The van der Waals surface area contributed by atoms with Gasteiger partial charge in [-0.1, -0.05) is 140 Å². The second-order valence-corrected chi connectivity index (χ2v) is 18.5. The fourth-order valence-electron chi connectivity index (χ4n) is 11.4. The lowest BCUT2D eigenvalue weighted by Crippen LogP contribution is -2.15. The fraction of sp³-hybridized carbons (Fsp3) is 0.148. The van der Waals surface area contributed by atoms with Crippen molar-refractivity contribution in [3.63, 3.8) is 0 Å². The van der Waals surface area contributed by atoms with Crippen molar-refractivity contribution >= 4 is 110 Å². The Morgan fingerprint density at radius 3 is 1.48 bits per heavy atom. The Morgan fingerprint density at radius 2 is 0.908 bits per heavy atom. The Labute approximate surface area is 378 Å². The summed E-state index contributed by atoms with van der Waals surface area (Å²) in [4.78, 5) is 4.90. The van der Waals surface area contributed by atoms with Gasteiger partial charge >= 0.3 is 0 Å². The van der Waals surface area contributed by atoms with Crippen molar-refractivity contribution in [1.82, 2.24) is 0 Å². The first-order chi connectivity index (χ1) is 31.9. The van der Waals surface area contributed by atoms with E-state index in [-0.39, 0.29) is 0 Å². The number of rotatable bonds is 7. The smallest absolute Gasteiger partial charge is 0.159 e. The van der Waals surface area contributed by atoms with Gasteiger partial charge in [0.25, 0.3) is 0 Å². The van der Waals surface area contributed by atoms with Crippen LogP contribution >= 0.6 is 0 Å². The van der Waals surface area contributed by atoms with Gasteiger partial charge in [-0.15, -0.1) is 0 Å². The van der Waals surface area contributed by atoms with Crippen LogP contribution in [0.3, 0.4) is 0 Å². The number of para-hydroxylation sites is 4. The van der Waals surface area contributed by atoms with Crippen LogP contribution in [0.1, 0.15) is 60.3 Å². The van der Waals surface area contributed by atoms with Crippen LogP contribution in [0.2, 0.25) is 0 Å². The van der Waals surface area contributed by atoms with Crippen LogP contribution in [0.4, 0.5) is 34.1 Å². The summed E-state index contributed by atoms with van der Waals surface area (Å²) in [6.07, 6.45) is 6.48. The number of hydrogen-bond donors (Lipinski definition) is 0. The van der Waals surface area contributed by atoms with E-state index in [0.29, 0.717) is 5.92 Å². The van der Waals surface area contributed by atoms with Crippen molar-refractivity contribution in [3.05, 3.63) is 192 Å². The van der Waals surface area contributed by atoms with Crippen molar-refractivity contribution in [1.29, 1.82) is 0 Å². The van der Waals surface area contributed by atoms with E-state index in [2.05, 4.69) is 200 Å². The third-order valence-corrected chi connectivity index (χ3v) is 14.3. The monoisotopic (exact) mass is 840 g/mol. The average Bonchev–Trinajstić information content (AvgIpc) is 3.92. The summed E-state index contributed by atoms with van der Waals surface area (Å²) < 4.78 is 13.8. The van der Waals surface area contributed by atoms with Crippen LogP contribution in [0.15, 0.2) is 179 Å². The largest absolute Gasteiger partial charge is 0.454 e. The maximum atomic E-state index is 6.90. The van der Waals surface area contributed by atoms with Gasteiger partial charge in [-0.2, -0.15) is 0 Å². The highest BCUT2D eigenvalue weighted by molar-refractivity contribution is 6.29. The highest BCUT2D eigenvalue weighted by atomic mass is 16.3. The molecule has 0 aliphatic heterocycles. The molecule has 0 spiro atoms. The molecule has 0 bridgehead atoms. The molecule has 0 atom stereocenters. The first-order valence-corrected chi connectivity index (χ1v) is 23.3. The predicted molar refractivity (Wildman–Crippen MR) is 274 cm³/mol. The molecule has 4 heteroatoms. The number of hydrogen-bond acceptors (Lipinski definition) is 4. The maximum absolute atomic E-state index is 6.90. The minimum atomic E-state index is 0.600. The Balaban J connectivity index is 1.18. The first-order valence-electron chi connectivity index (χ1n) is 23.3. The van der Waals surface area contributed by atoms with E-state index in [9.17, 15) is 0 Å². The number of aryl methyl sites for hydroxylation is 3. The molecule has 12 aromatic rings. The van der Waals surface area contributed by atoms with Crippen molar-refractivity contribution in [2.24, 2.45) is 0 Å². The quantitative estimate of drug-likeness (QED) is 0.150. The minimum Gasteiger partial charge on any atom is -0.454 e. The molecule has 4 nitrogen and oxygen atoms in total. The summed E-state index contributed by atoms with van der Waals surface area (Å²) in [6, 6.07) is 62.8. The number of furan rings is 2. The normalized spacial score (nSPS) is 13.7. The van der Waals surface area contributed by atoms with E-state index in [4.69, 9.17) is 8.83 Å². The standard InChI is InChI=1S/C61H48N2O2/c1-37-23-27-44(28-24-37)62(52-19-11-17-48-46-15-7-9-21-56(46)64-60(48)52)54-36-55(51-30-26-42-35-43(40-13-5-4-6-14-40)34-41-25-29-50(54)59(51)58(41)42)63(45-32-38(2)31-39(3)33-45)53-20-12-18-49-47-16-8-10-22-57(47)65-61(49)53/h7-12,15-36,40H,4-6,13-14H2,1-3H3. The molecule has 0 amide bonds. The van der Waals surface area contributed by atoms with E-state index in [1.807, 2.05) is 0 Å². The van der Waals surface area contributed by atoms with Crippen LogP contribution in [0.25, 0.3) is 76.2 Å². The molecule has 0 radical (unpaired) electrons. The molecule has 0 saturated heterocycles. The summed E-state index contributed by atoms with van der Waals surface area (Å²) in [5.74, 6) is 0.600. The molecule has 10 aromatic carbocycles. The molecule has 1 aliphatic carbocycles. The fourth-order valence-corrected chi connectivity index (χ4v) is 11.4. The molecular weight excluding hydrogens is 793 g/mol. The highest BCUT2D eigenvalue weighted by Crippen LogP contribution is 2.53. The lowest BCUT2D eigenvalue weighted by Gasteiger charge is -2.32. The highest BCUT2D eigenvalue weighted by Gasteiger charge is 2.29. The van der Waals surface area contributed by atoms with Gasteiger partial charge < -0.3 is 18.6 Å². The van der Waals surface area contributed by atoms with Gasteiger partial charge in [0.15, 0.2) is 11.2 Å². The molecule has 0 unspecified atom stereocenters. The van der Waals surface area contributed by atoms with Crippen LogP contribution in [0.5, 0.6) is 0 Å². The lowest BCUT2D eigenvalue weighted by molar-refractivity contribution is 0.444. The zero-order valence-corrected chi connectivity index (χ0v) is 37.0. The third kappa shape index (κ3) is 6.04. The van der Waals surface area contributed by atoms with Gasteiger partial charge in [0, 0.05) is 49.1 Å². The number of benzene rings is 10. The summed E-state index contributed by atoms with van der Waals surface area (Å²) in [7, 11) is 0. The Morgan fingerprint density at radius 1 is 0.385 bits per heavy atom. The lowest BCUT2D eigenvalue weighted by atomic mass is 9.82. The average molecular weight is 841 g/mol. The molecule has 314 valence electrons. The molecule has 1 saturated carbocycles. The van der Waals surface area contributed by atoms with Gasteiger partial charge in [-0.25, -0.2) is 0 Å². The van der Waals surface area contributed by atoms with Gasteiger partial charge in [0.2, 0.25) is 0 Å². The molecule has 65 heavy (non-hydrogen) atoms. The van der Waals surface area contributed by atoms with Gasteiger partial charge in [0.1, 0.15) is 11.2 Å². The first kappa shape index (κ1) is 37.9. The molecule has 13 rings (SSSR count). The summed E-state index contributed by atoms with van der Waals surface area (Å²) in [6.45, 7) is 6.55. The Hall–Kier alpha value is -7.56.